The predicted molar refractivity (Wildman–Crippen MR) is 57.4 cm³/mol. The van der Waals surface area contributed by atoms with Crippen LogP contribution in [-0.4, -0.2) is 18.4 Å². The molecule has 1 unspecified atom stereocenters. The smallest absolute Gasteiger partial charge is 0.388 e. The largest absolute Gasteiger partial charge is 0.389 e. The van der Waals surface area contributed by atoms with E-state index in [1.54, 1.807) is 24.3 Å². The highest BCUT2D eigenvalue weighted by Crippen LogP contribution is 2.29. The van der Waals surface area contributed by atoms with Crippen LogP contribution in [0.1, 0.15) is 30.1 Å². The number of hydrogen-bond acceptors (Lipinski definition) is 2. The zero-order valence-corrected chi connectivity index (χ0v) is 9.50. The van der Waals surface area contributed by atoms with Gasteiger partial charge in [0.2, 0.25) is 0 Å². The Labute approximate surface area is 98.0 Å². The lowest BCUT2D eigenvalue weighted by atomic mass is 9.99. The van der Waals surface area contributed by atoms with Crippen LogP contribution in [0.15, 0.2) is 24.3 Å². The molecule has 0 spiro atoms. The maximum atomic E-state index is 12.0. The number of alkyl halides is 3. The fourth-order valence-electron chi connectivity index (χ4n) is 1.60. The Hall–Kier alpha value is -1.07. The fraction of sp³-hybridized carbons (Fsp3) is 0.500. The second kappa shape index (κ2) is 6.02. The molecule has 1 aromatic carbocycles. The van der Waals surface area contributed by atoms with Crippen LogP contribution in [0.2, 0.25) is 0 Å². The van der Waals surface area contributed by atoms with Crippen LogP contribution < -0.4 is 0 Å². The van der Waals surface area contributed by atoms with Gasteiger partial charge < -0.3 is 9.84 Å². The fourth-order valence-corrected chi connectivity index (χ4v) is 1.60. The van der Waals surface area contributed by atoms with E-state index >= 15 is 0 Å². The molecule has 1 N–H and O–H groups in total. The summed E-state index contributed by atoms with van der Waals surface area (Å²) in [6, 6.07) is 6.80. The molecule has 0 amide bonds. The Morgan fingerprint density at radius 1 is 1.29 bits per heavy atom. The van der Waals surface area contributed by atoms with Gasteiger partial charge in [-0.15, -0.1) is 0 Å². The third-order valence-electron chi connectivity index (χ3n) is 2.42. The third kappa shape index (κ3) is 4.75. The Kier molecular flexibility index (Phi) is 4.96. The molecule has 1 atom stereocenters. The summed E-state index contributed by atoms with van der Waals surface area (Å²) in [7, 11) is 1.50. The number of aliphatic hydroxyl groups is 1. The van der Waals surface area contributed by atoms with Crippen molar-refractivity contribution >= 4 is 0 Å². The minimum atomic E-state index is -4.24. The zero-order valence-electron chi connectivity index (χ0n) is 9.50. The first-order valence-electron chi connectivity index (χ1n) is 5.25. The number of hydrogen-bond donors (Lipinski definition) is 1. The maximum absolute atomic E-state index is 12.0. The van der Waals surface area contributed by atoms with Crippen molar-refractivity contribution in [3.8, 4) is 0 Å². The van der Waals surface area contributed by atoms with Gasteiger partial charge in [-0.25, -0.2) is 0 Å². The van der Waals surface area contributed by atoms with E-state index in [4.69, 9.17) is 4.74 Å². The molecule has 0 bridgehead atoms. The van der Waals surface area contributed by atoms with Crippen molar-refractivity contribution in [2.24, 2.45) is 0 Å². The van der Waals surface area contributed by atoms with Gasteiger partial charge in [-0.1, -0.05) is 24.3 Å². The molecule has 5 heteroatoms. The molecule has 17 heavy (non-hydrogen) atoms. The summed E-state index contributed by atoms with van der Waals surface area (Å²) >= 11 is 0. The number of methoxy groups -OCH3 is 1. The first kappa shape index (κ1) is 14.0. The van der Waals surface area contributed by atoms with E-state index in [1.165, 1.54) is 7.11 Å². The summed E-state index contributed by atoms with van der Waals surface area (Å²) in [6.07, 6.45) is -6.67. The summed E-state index contributed by atoms with van der Waals surface area (Å²) in [6.45, 7) is 0.277. The SMILES string of the molecule is COCc1ccccc1C(O)CCC(F)(F)F. The predicted octanol–water partition coefficient (Wildman–Crippen LogP) is 3.21. The maximum Gasteiger partial charge on any atom is 0.389 e. The number of aliphatic hydroxyl groups excluding tert-OH is 1. The molecule has 0 saturated heterocycles. The first-order valence-corrected chi connectivity index (χ1v) is 5.25. The van der Waals surface area contributed by atoms with E-state index in [0.29, 0.717) is 11.1 Å². The Balaban J connectivity index is 2.70. The molecule has 0 saturated carbocycles. The summed E-state index contributed by atoms with van der Waals surface area (Å²) in [5.41, 5.74) is 1.21. The Morgan fingerprint density at radius 3 is 2.53 bits per heavy atom. The summed E-state index contributed by atoms with van der Waals surface area (Å²) < 4.78 is 41.1. The van der Waals surface area contributed by atoms with Gasteiger partial charge in [-0.3, -0.25) is 0 Å². The third-order valence-corrected chi connectivity index (χ3v) is 2.42. The minimum Gasteiger partial charge on any atom is -0.388 e. The lowest BCUT2D eigenvalue weighted by molar-refractivity contribution is -0.140. The van der Waals surface area contributed by atoms with Crippen molar-refractivity contribution in [3.63, 3.8) is 0 Å². The van der Waals surface area contributed by atoms with Crippen LogP contribution in [-0.2, 0) is 11.3 Å². The highest BCUT2D eigenvalue weighted by Gasteiger charge is 2.28. The Bertz CT molecular complexity index is 350. The number of ether oxygens (including phenoxy) is 1. The highest BCUT2D eigenvalue weighted by molar-refractivity contribution is 5.28. The monoisotopic (exact) mass is 248 g/mol. The molecular formula is C12H15F3O2. The lowest BCUT2D eigenvalue weighted by Crippen LogP contribution is -2.11. The molecule has 0 aliphatic rings. The van der Waals surface area contributed by atoms with Crippen molar-refractivity contribution in [2.45, 2.75) is 31.7 Å². The molecule has 0 fully saturated rings. The van der Waals surface area contributed by atoms with Crippen LogP contribution in [0.25, 0.3) is 0 Å². The van der Waals surface area contributed by atoms with Gasteiger partial charge in [0.15, 0.2) is 0 Å². The van der Waals surface area contributed by atoms with Crippen molar-refractivity contribution in [3.05, 3.63) is 35.4 Å². The van der Waals surface area contributed by atoms with Crippen LogP contribution in [0.3, 0.4) is 0 Å². The quantitative estimate of drug-likeness (QED) is 0.867. The second-order valence-corrected chi connectivity index (χ2v) is 3.80. The van der Waals surface area contributed by atoms with Gasteiger partial charge in [0, 0.05) is 13.5 Å². The number of rotatable bonds is 5. The van der Waals surface area contributed by atoms with Gasteiger partial charge in [-0.2, -0.15) is 13.2 Å². The zero-order chi connectivity index (χ0) is 12.9. The first-order chi connectivity index (χ1) is 7.94. The molecule has 0 aliphatic carbocycles. The van der Waals surface area contributed by atoms with Crippen LogP contribution in [0, 0.1) is 0 Å². The molecule has 1 aromatic rings. The summed E-state index contributed by atoms with van der Waals surface area (Å²) in [5, 5.41) is 9.74. The molecular weight excluding hydrogens is 233 g/mol. The standard InChI is InChI=1S/C12H15F3O2/c1-17-8-9-4-2-3-5-10(9)11(16)6-7-12(13,14)15/h2-5,11,16H,6-8H2,1H3. The molecule has 1 rings (SSSR count). The summed E-state index contributed by atoms with van der Waals surface area (Å²) in [5.74, 6) is 0. The van der Waals surface area contributed by atoms with E-state index in [0.717, 1.165) is 0 Å². The molecule has 2 nitrogen and oxygen atoms in total. The highest BCUT2D eigenvalue weighted by atomic mass is 19.4. The van der Waals surface area contributed by atoms with Crippen LogP contribution in [0.5, 0.6) is 0 Å². The van der Waals surface area contributed by atoms with Crippen molar-refractivity contribution in [1.82, 2.24) is 0 Å². The van der Waals surface area contributed by atoms with E-state index < -0.39 is 18.7 Å². The van der Waals surface area contributed by atoms with Crippen molar-refractivity contribution in [2.75, 3.05) is 7.11 Å². The van der Waals surface area contributed by atoms with E-state index in [2.05, 4.69) is 0 Å². The summed E-state index contributed by atoms with van der Waals surface area (Å²) in [4.78, 5) is 0. The molecule has 96 valence electrons. The molecule has 0 radical (unpaired) electrons. The van der Waals surface area contributed by atoms with Crippen LogP contribution >= 0.6 is 0 Å². The number of halogens is 3. The average Bonchev–Trinajstić information content (AvgIpc) is 2.26. The molecule has 0 aromatic heterocycles. The normalized spacial score (nSPS) is 13.7. The lowest BCUT2D eigenvalue weighted by Gasteiger charge is -2.16. The van der Waals surface area contributed by atoms with Gasteiger partial charge in [0.1, 0.15) is 0 Å². The van der Waals surface area contributed by atoms with Gasteiger partial charge >= 0.3 is 6.18 Å². The Morgan fingerprint density at radius 2 is 1.94 bits per heavy atom. The van der Waals surface area contributed by atoms with Crippen molar-refractivity contribution in [1.29, 1.82) is 0 Å². The van der Waals surface area contributed by atoms with E-state index in [1.807, 2.05) is 0 Å². The second-order valence-electron chi connectivity index (χ2n) is 3.80. The average molecular weight is 248 g/mol. The topological polar surface area (TPSA) is 29.5 Å². The van der Waals surface area contributed by atoms with E-state index in [9.17, 15) is 18.3 Å². The minimum absolute atomic E-state index is 0.277. The van der Waals surface area contributed by atoms with Crippen LogP contribution in [0.4, 0.5) is 13.2 Å². The molecule has 0 aliphatic heterocycles. The van der Waals surface area contributed by atoms with Crippen molar-refractivity contribution < 1.29 is 23.0 Å². The van der Waals surface area contributed by atoms with Gasteiger partial charge in [0.25, 0.3) is 0 Å². The van der Waals surface area contributed by atoms with Gasteiger partial charge in [-0.05, 0) is 17.5 Å². The van der Waals surface area contributed by atoms with Gasteiger partial charge in [0.05, 0.1) is 12.7 Å². The number of benzene rings is 1. The molecule has 0 heterocycles. The van der Waals surface area contributed by atoms with E-state index in [-0.39, 0.29) is 13.0 Å².